The third-order valence-electron chi connectivity index (χ3n) is 3.57. The first kappa shape index (κ1) is 13.0. The number of nitrogens with one attached hydrogen (secondary N) is 1. The second kappa shape index (κ2) is 4.53. The summed E-state index contributed by atoms with van der Waals surface area (Å²) in [6.45, 7) is 4.00. The first-order valence-electron chi connectivity index (χ1n) is 6.53. The van der Waals surface area contributed by atoms with Gasteiger partial charge in [0.05, 0.1) is 0 Å². The van der Waals surface area contributed by atoms with Crippen molar-refractivity contribution in [3.8, 4) is 17.2 Å². The van der Waals surface area contributed by atoms with Crippen molar-refractivity contribution in [1.29, 1.82) is 5.26 Å². The van der Waals surface area contributed by atoms with Crippen molar-refractivity contribution in [2.75, 3.05) is 5.73 Å². The van der Waals surface area contributed by atoms with Gasteiger partial charge in [-0.3, -0.25) is 9.20 Å². The third kappa shape index (κ3) is 1.98. The van der Waals surface area contributed by atoms with Gasteiger partial charge in [-0.05, 0) is 25.0 Å². The molecule has 3 aromatic rings. The summed E-state index contributed by atoms with van der Waals surface area (Å²) in [7, 11) is 0. The fourth-order valence-corrected chi connectivity index (χ4v) is 2.61. The van der Waals surface area contributed by atoms with Gasteiger partial charge in [-0.2, -0.15) is 5.26 Å². The number of anilines is 1. The van der Waals surface area contributed by atoms with Gasteiger partial charge >= 0.3 is 0 Å². The van der Waals surface area contributed by atoms with Gasteiger partial charge < -0.3 is 10.7 Å². The van der Waals surface area contributed by atoms with Crippen molar-refractivity contribution < 1.29 is 0 Å². The number of nitriles is 1. The molecule has 3 rings (SSSR count). The van der Waals surface area contributed by atoms with Crippen LogP contribution in [0.2, 0.25) is 0 Å². The number of nitrogen functional groups attached to an aromatic ring is 1. The van der Waals surface area contributed by atoms with Crippen LogP contribution in [0.15, 0.2) is 35.3 Å². The number of rotatable bonds is 1. The van der Waals surface area contributed by atoms with Gasteiger partial charge in [-0.15, -0.1) is 0 Å². The Morgan fingerprint density at radius 3 is 2.67 bits per heavy atom. The zero-order valence-electron chi connectivity index (χ0n) is 11.8. The van der Waals surface area contributed by atoms with Crippen molar-refractivity contribution in [1.82, 2.24) is 9.38 Å². The Balaban J connectivity index is 2.41. The Hall–Kier alpha value is -3.00. The summed E-state index contributed by atoms with van der Waals surface area (Å²) in [5.74, 6) is 0.245. The minimum Gasteiger partial charge on any atom is -0.385 e. The third-order valence-corrected chi connectivity index (χ3v) is 3.57. The molecule has 0 saturated carbocycles. The maximum absolute atomic E-state index is 12.0. The molecule has 104 valence electrons. The predicted molar refractivity (Wildman–Crippen MR) is 82.1 cm³/mol. The van der Waals surface area contributed by atoms with E-state index in [4.69, 9.17) is 5.73 Å². The number of hydrogen-bond acceptors (Lipinski definition) is 3. The average Bonchev–Trinajstić information content (AvgIpc) is 2.77. The topological polar surface area (TPSA) is 87.1 Å². The molecular formula is C16H14N4O. The average molecular weight is 278 g/mol. The molecule has 0 radical (unpaired) electrons. The molecule has 0 unspecified atom stereocenters. The fraction of sp³-hybridized carbons (Fsp3) is 0.125. The Bertz CT molecular complexity index is 957. The molecule has 21 heavy (non-hydrogen) atoms. The molecule has 5 heteroatoms. The van der Waals surface area contributed by atoms with Crippen molar-refractivity contribution in [3.63, 3.8) is 0 Å². The molecule has 0 aliphatic heterocycles. The van der Waals surface area contributed by atoms with Gasteiger partial charge in [0.25, 0.3) is 5.56 Å². The van der Waals surface area contributed by atoms with Crippen LogP contribution < -0.4 is 11.3 Å². The van der Waals surface area contributed by atoms with Crippen LogP contribution in [-0.4, -0.2) is 9.38 Å². The lowest BCUT2D eigenvalue weighted by molar-refractivity contribution is 1.08. The van der Waals surface area contributed by atoms with E-state index >= 15 is 0 Å². The summed E-state index contributed by atoms with van der Waals surface area (Å²) < 4.78 is 1.42. The summed E-state index contributed by atoms with van der Waals surface area (Å²) >= 11 is 0. The maximum atomic E-state index is 12.0. The van der Waals surface area contributed by atoms with E-state index in [2.05, 4.69) is 17.1 Å². The summed E-state index contributed by atoms with van der Waals surface area (Å²) in [6, 6.07) is 9.48. The highest BCUT2D eigenvalue weighted by atomic mass is 16.1. The zero-order valence-corrected chi connectivity index (χ0v) is 11.8. The molecule has 0 aliphatic rings. The molecule has 0 saturated heterocycles. The number of aromatic nitrogens is 2. The van der Waals surface area contributed by atoms with E-state index in [1.807, 2.05) is 26.0 Å². The summed E-state index contributed by atoms with van der Waals surface area (Å²) in [5, 5.41) is 9.47. The van der Waals surface area contributed by atoms with E-state index in [1.54, 1.807) is 6.20 Å². The second-order valence-electron chi connectivity index (χ2n) is 5.13. The lowest BCUT2D eigenvalue weighted by Crippen LogP contribution is -2.13. The van der Waals surface area contributed by atoms with E-state index in [0.29, 0.717) is 11.2 Å². The fourth-order valence-electron chi connectivity index (χ4n) is 2.61. The van der Waals surface area contributed by atoms with E-state index < -0.39 is 0 Å². The van der Waals surface area contributed by atoms with Crippen molar-refractivity contribution in [3.05, 3.63) is 57.5 Å². The van der Waals surface area contributed by atoms with E-state index in [0.717, 1.165) is 22.3 Å². The minimum absolute atomic E-state index is 0.245. The highest BCUT2D eigenvalue weighted by molar-refractivity contribution is 5.80. The van der Waals surface area contributed by atoms with Gasteiger partial charge in [0, 0.05) is 17.8 Å². The molecule has 0 spiro atoms. The Morgan fingerprint density at radius 1 is 1.24 bits per heavy atom. The molecule has 0 aliphatic carbocycles. The first-order chi connectivity index (χ1) is 10.0. The van der Waals surface area contributed by atoms with Gasteiger partial charge in [0.1, 0.15) is 23.1 Å². The van der Waals surface area contributed by atoms with Gasteiger partial charge in [0.15, 0.2) is 0 Å². The van der Waals surface area contributed by atoms with Crippen LogP contribution in [0.4, 0.5) is 5.82 Å². The number of aromatic amines is 1. The molecule has 0 amide bonds. The van der Waals surface area contributed by atoms with Gasteiger partial charge in [0.2, 0.25) is 0 Å². The monoisotopic (exact) mass is 278 g/mol. The Morgan fingerprint density at radius 2 is 2.00 bits per heavy atom. The molecular weight excluding hydrogens is 264 g/mol. The second-order valence-corrected chi connectivity index (χ2v) is 5.13. The predicted octanol–water partition coefficient (Wildman–Crippen LogP) is 2.37. The van der Waals surface area contributed by atoms with Crippen molar-refractivity contribution in [2.45, 2.75) is 13.8 Å². The summed E-state index contributed by atoms with van der Waals surface area (Å²) in [5.41, 5.74) is 10.1. The smallest absolute Gasteiger partial charge is 0.259 e. The van der Waals surface area contributed by atoms with Crippen LogP contribution in [0.5, 0.6) is 0 Å². The van der Waals surface area contributed by atoms with Crippen molar-refractivity contribution in [2.24, 2.45) is 0 Å². The number of H-pyrrole nitrogens is 1. The molecule has 0 fully saturated rings. The van der Waals surface area contributed by atoms with Crippen LogP contribution in [0.25, 0.3) is 16.8 Å². The lowest BCUT2D eigenvalue weighted by atomic mass is 9.98. The number of benzene rings is 1. The number of hydrogen-bond donors (Lipinski definition) is 2. The lowest BCUT2D eigenvalue weighted by Gasteiger charge is -2.05. The maximum Gasteiger partial charge on any atom is 0.259 e. The largest absolute Gasteiger partial charge is 0.385 e. The van der Waals surface area contributed by atoms with Gasteiger partial charge in [-0.25, -0.2) is 0 Å². The number of nitrogens with zero attached hydrogens (tertiary/aromatic N) is 2. The normalized spacial score (nSPS) is 10.7. The van der Waals surface area contributed by atoms with Gasteiger partial charge in [-0.1, -0.05) is 23.8 Å². The number of fused-ring (bicyclic) bond motifs is 1. The minimum atomic E-state index is -0.256. The standard InChI is InChI=1S/C16H14N4O/c1-9-3-4-11(10(2)5-9)13-8-20-15(21)6-14(18)19-16(20)12(13)7-17/h3-6,8,19H,18H2,1-2H3. The van der Waals surface area contributed by atoms with Crippen LogP contribution in [0, 0.1) is 25.2 Å². The highest BCUT2D eigenvalue weighted by Crippen LogP contribution is 2.30. The van der Waals surface area contributed by atoms with E-state index in [9.17, 15) is 10.1 Å². The Kier molecular flexibility index (Phi) is 2.80. The molecule has 2 aromatic heterocycles. The molecule has 3 N–H and O–H groups in total. The van der Waals surface area contributed by atoms with Crippen LogP contribution in [0.1, 0.15) is 16.7 Å². The molecule has 0 bridgehead atoms. The summed E-state index contributed by atoms with van der Waals surface area (Å²) in [6.07, 6.45) is 1.68. The van der Waals surface area contributed by atoms with E-state index in [-0.39, 0.29) is 11.4 Å². The van der Waals surface area contributed by atoms with Crippen molar-refractivity contribution >= 4 is 11.5 Å². The Labute approximate surface area is 121 Å². The number of aryl methyl sites for hydroxylation is 2. The SMILES string of the molecule is Cc1ccc(-c2cn3c(=O)cc(N)[nH]c3c2C#N)c(C)c1. The molecule has 5 nitrogen and oxygen atoms in total. The quantitative estimate of drug-likeness (QED) is 0.716. The van der Waals surface area contributed by atoms with Crippen LogP contribution >= 0.6 is 0 Å². The summed E-state index contributed by atoms with van der Waals surface area (Å²) in [4.78, 5) is 14.9. The van der Waals surface area contributed by atoms with Crippen LogP contribution in [-0.2, 0) is 0 Å². The van der Waals surface area contributed by atoms with E-state index in [1.165, 1.54) is 10.5 Å². The first-order valence-corrected chi connectivity index (χ1v) is 6.53. The molecule has 2 heterocycles. The zero-order chi connectivity index (χ0) is 15.1. The highest BCUT2D eigenvalue weighted by Gasteiger charge is 2.16. The van der Waals surface area contributed by atoms with Crippen LogP contribution in [0.3, 0.4) is 0 Å². The molecule has 0 atom stereocenters. The molecule has 1 aromatic carbocycles. The number of nitrogens with two attached hydrogens (primary N) is 1.